The summed E-state index contributed by atoms with van der Waals surface area (Å²) in [5.74, 6) is -0.537. The van der Waals surface area contributed by atoms with E-state index in [1.54, 1.807) is 0 Å². The largest absolute Gasteiger partial charge is 0.466 e. The number of H-pyrrole nitrogens is 1. The van der Waals surface area contributed by atoms with Crippen molar-refractivity contribution in [2.45, 2.75) is 5.16 Å². The van der Waals surface area contributed by atoms with E-state index in [9.17, 15) is 13.2 Å². The molecular weight excluding hydrogens is 246 g/mol. The highest BCUT2D eigenvalue weighted by Crippen LogP contribution is 2.09. The van der Waals surface area contributed by atoms with Crippen molar-refractivity contribution in [1.82, 2.24) is 14.3 Å². The summed E-state index contributed by atoms with van der Waals surface area (Å²) in [6.07, 6.45) is 3.90. The van der Waals surface area contributed by atoms with E-state index in [1.165, 1.54) is 33.5 Å². The molecule has 0 saturated heterocycles. The van der Waals surface area contributed by atoms with Crippen LogP contribution in [-0.2, 0) is 19.6 Å². The Balaban J connectivity index is 2.94. The van der Waals surface area contributed by atoms with Crippen molar-refractivity contribution in [3.8, 4) is 0 Å². The highest BCUT2D eigenvalue weighted by atomic mass is 32.2. The number of aromatic amines is 1. The minimum absolute atomic E-state index is 0.174. The first-order valence-electron chi connectivity index (χ1n) is 4.62. The lowest BCUT2D eigenvalue weighted by atomic mass is 10.4. The molecule has 0 amide bonds. The van der Waals surface area contributed by atoms with Crippen LogP contribution in [0.5, 0.6) is 0 Å². The van der Waals surface area contributed by atoms with E-state index in [-0.39, 0.29) is 5.16 Å². The summed E-state index contributed by atoms with van der Waals surface area (Å²) in [4.78, 5) is 17.2. The van der Waals surface area contributed by atoms with E-state index in [2.05, 4.69) is 14.7 Å². The van der Waals surface area contributed by atoms with Crippen LogP contribution in [0.2, 0.25) is 0 Å². The molecule has 0 aliphatic heterocycles. The Morgan fingerprint density at radius 2 is 2.18 bits per heavy atom. The maximum Gasteiger partial charge on any atom is 0.330 e. The number of hydrogen-bond acceptors (Lipinski definition) is 5. The molecule has 0 atom stereocenters. The molecule has 0 fully saturated rings. The number of esters is 1. The highest BCUT2D eigenvalue weighted by Gasteiger charge is 2.20. The number of methoxy groups -OCH3 is 1. The van der Waals surface area contributed by atoms with Crippen molar-refractivity contribution in [3.63, 3.8) is 0 Å². The Hall–Kier alpha value is -1.67. The topological polar surface area (TPSA) is 92.4 Å². The molecule has 1 heterocycles. The Labute approximate surface area is 99.2 Å². The number of imidazole rings is 1. The lowest BCUT2D eigenvalue weighted by molar-refractivity contribution is -0.134. The van der Waals surface area contributed by atoms with Crippen LogP contribution in [0.4, 0.5) is 0 Å². The molecule has 7 nitrogen and oxygen atoms in total. The van der Waals surface area contributed by atoms with Crippen LogP contribution in [0, 0.1) is 0 Å². The normalized spacial score (nSPS) is 12.2. The summed E-state index contributed by atoms with van der Waals surface area (Å²) in [6.45, 7) is 0. The number of sulfonamides is 1. The number of hydrogen-bond donors (Lipinski definition) is 1. The number of carbonyl (C=O) groups excluding carboxylic acids is 1. The number of carbonyl (C=O) groups is 1. The summed E-state index contributed by atoms with van der Waals surface area (Å²) in [6, 6.07) is 0. The third-order valence-corrected chi connectivity index (χ3v) is 3.55. The fourth-order valence-electron chi connectivity index (χ4n) is 0.929. The van der Waals surface area contributed by atoms with Gasteiger partial charge in [-0.25, -0.2) is 22.5 Å². The fraction of sp³-hybridized carbons (Fsp3) is 0.333. The standard InChI is InChI=1S/C9H13N3O4S/c1-12(2)17(14,15)9-10-6-7(11-9)4-5-8(13)16-3/h4-6H,1-3H3,(H,10,11). The van der Waals surface area contributed by atoms with Gasteiger partial charge in [0.05, 0.1) is 12.8 Å². The molecule has 0 aliphatic rings. The van der Waals surface area contributed by atoms with E-state index < -0.39 is 16.0 Å². The van der Waals surface area contributed by atoms with Gasteiger partial charge >= 0.3 is 5.97 Å². The second-order valence-corrected chi connectivity index (χ2v) is 5.34. The number of nitrogens with zero attached hydrogens (tertiary/aromatic N) is 2. The predicted molar refractivity (Wildman–Crippen MR) is 60.5 cm³/mol. The molecule has 0 unspecified atom stereocenters. The van der Waals surface area contributed by atoms with Gasteiger partial charge < -0.3 is 9.72 Å². The van der Waals surface area contributed by atoms with Gasteiger partial charge in [0.25, 0.3) is 10.0 Å². The van der Waals surface area contributed by atoms with Gasteiger partial charge in [-0.1, -0.05) is 0 Å². The highest BCUT2D eigenvalue weighted by molar-refractivity contribution is 7.88. The molecule has 94 valence electrons. The van der Waals surface area contributed by atoms with Crippen molar-refractivity contribution >= 4 is 22.1 Å². The van der Waals surface area contributed by atoms with Crippen LogP contribution in [0.25, 0.3) is 6.08 Å². The summed E-state index contributed by atoms with van der Waals surface area (Å²) < 4.78 is 28.7. The predicted octanol–water partition coefficient (Wildman–Crippen LogP) is -0.154. The first kappa shape index (κ1) is 13.4. The molecule has 0 aliphatic carbocycles. The van der Waals surface area contributed by atoms with Gasteiger partial charge in [0, 0.05) is 26.4 Å². The third-order valence-electron chi connectivity index (χ3n) is 1.89. The summed E-state index contributed by atoms with van der Waals surface area (Å²) in [5.41, 5.74) is 0.329. The van der Waals surface area contributed by atoms with Crippen LogP contribution in [0.3, 0.4) is 0 Å². The van der Waals surface area contributed by atoms with E-state index >= 15 is 0 Å². The van der Waals surface area contributed by atoms with Gasteiger partial charge in [0.15, 0.2) is 0 Å². The molecule has 0 radical (unpaired) electrons. The SMILES string of the molecule is COC(=O)C=Cc1c[nH]c(S(=O)(=O)N(C)C)n1. The Bertz CT molecular complexity index is 530. The Kier molecular flexibility index (Phi) is 4.02. The monoisotopic (exact) mass is 259 g/mol. The van der Waals surface area contributed by atoms with Gasteiger partial charge in [-0.15, -0.1) is 0 Å². The van der Waals surface area contributed by atoms with Gasteiger partial charge in [-0.2, -0.15) is 0 Å². The molecule has 1 rings (SSSR count). The van der Waals surface area contributed by atoms with E-state index in [0.29, 0.717) is 5.69 Å². The van der Waals surface area contributed by atoms with Crippen molar-refractivity contribution in [2.24, 2.45) is 0 Å². The second-order valence-electron chi connectivity index (χ2n) is 3.27. The van der Waals surface area contributed by atoms with Gasteiger partial charge in [-0.3, -0.25) is 0 Å². The lowest BCUT2D eigenvalue weighted by Gasteiger charge is -2.07. The molecule has 1 N–H and O–H groups in total. The number of rotatable bonds is 4. The Morgan fingerprint density at radius 1 is 1.53 bits per heavy atom. The average molecular weight is 259 g/mol. The molecule has 0 saturated carbocycles. The smallest absolute Gasteiger partial charge is 0.330 e. The maximum absolute atomic E-state index is 11.7. The van der Waals surface area contributed by atoms with Crippen molar-refractivity contribution in [3.05, 3.63) is 18.0 Å². The molecule has 1 aromatic rings. The molecule has 1 aromatic heterocycles. The number of nitrogens with one attached hydrogen (secondary N) is 1. The fourth-order valence-corrected chi connectivity index (χ4v) is 1.70. The minimum atomic E-state index is -3.58. The van der Waals surface area contributed by atoms with Crippen LogP contribution in [0.15, 0.2) is 17.4 Å². The van der Waals surface area contributed by atoms with E-state index in [4.69, 9.17) is 0 Å². The first-order valence-corrected chi connectivity index (χ1v) is 6.06. The van der Waals surface area contributed by atoms with Gasteiger partial charge in [0.1, 0.15) is 0 Å². The summed E-state index contributed by atoms with van der Waals surface area (Å²) in [5, 5.41) is -0.174. The van der Waals surface area contributed by atoms with Gasteiger partial charge in [0.2, 0.25) is 5.16 Å². The van der Waals surface area contributed by atoms with Crippen LogP contribution in [0.1, 0.15) is 5.69 Å². The third kappa shape index (κ3) is 3.14. The van der Waals surface area contributed by atoms with Crippen molar-refractivity contribution in [2.75, 3.05) is 21.2 Å². The molecule has 8 heteroatoms. The molecule has 0 aromatic carbocycles. The molecular formula is C9H13N3O4S. The number of aromatic nitrogens is 2. The Morgan fingerprint density at radius 3 is 2.71 bits per heavy atom. The van der Waals surface area contributed by atoms with Crippen molar-refractivity contribution < 1.29 is 17.9 Å². The van der Waals surface area contributed by atoms with Crippen LogP contribution in [-0.4, -0.2) is 49.9 Å². The minimum Gasteiger partial charge on any atom is -0.466 e. The first-order chi connectivity index (χ1) is 7.87. The average Bonchev–Trinajstić information content (AvgIpc) is 2.74. The lowest BCUT2D eigenvalue weighted by Crippen LogP contribution is -2.23. The molecule has 17 heavy (non-hydrogen) atoms. The quantitative estimate of drug-likeness (QED) is 0.599. The summed E-state index contributed by atoms with van der Waals surface area (Å²) >= 11 is 0. The van der Waals surface area contributed by atoms with Gasteiger partial charge in [-0.05, 0) is 6.08 Å². The number of ether oxygens (including phenoxy) is 1. The molecule has 0 spiro atoms. The van der Waals surface area contributed by atoms with E-state index in [0.717, 1.165) is 10.4 Å². The summed E-state index contributed by atoms with van der Waals surface area (Å²) in [7, 11) is 0.475. The zero-order valence-electron chi connectivity index (χ0n) is 9.67. The van der Waals surface area contributed by atoms with Crippen LogP contribution < -0.4 is 0 Å². The molecule has 0 bridgehead atoms. The maximum atomic E-state index is 11.7. The van der Waals surface area contributed by atoms with Crippen LogP contribution >= 0.6 is 0 Å². The van der Waals surface area contributed by atoms with E-state index in [1.807, 2.05) is 0 Å². The van der Waals surface area contributed by atoms with Crippen molar-refractivity contribution in [1.29, 1.82) is 0 Å². The second kappa shape index (κ2) is 5.11. The zero-order valence-corrected chi connectivity index (χ0v) is 10.5. The zero-order chi connectivity index (χ0) is 13.1.